The number of halogens is 1. The van der Waals surface area contributed by atoms with Crippen LogP contribution in [0.15, 0.2) is 12.7 Å². The molecule has 2 aromatic rings. The highest BCUT2D eigenvalue weighted by atomic mass is 35.5. The van der Waals surface area contributed by atoms with Crippen LogP contribution in [-0.4, -0.2) is 31.9 Å². The first kappa shape index (κ1) is 9.21. The third-order valence-electron chi connectivity index (χ3n) is 1.77. The van der Waals surface area contributed by atoms with Crippen molar-refractivity contribution in [3.8, 4) is 0 Å². The molecule has 5 nitrogen and oxygen atoms in total. The van der Waals surface area contributed by atoms with Crippen molar-refractivity contribution in [3.05, 3.63) is 12.7 Å². The van der Waals surface area contributed by atoms with Crippen LogP contribution in [0, 0.1) is 0 Å². The van der Waals surface area contributed by atoms with E-state index in [2.05, 4.69) is 25.3 Å². The Bertz CT molecular complexity index is 424. The van der Waals surface area contributed by atoms with Gasteiger partial charge in [-0.3, -0.25) is 0 Å². The molecule has 0 saturated carbocycles. The number of nitrogens with one attached hydrogen (secondary N) is 2. The molecule has 0 amide bonds. The summed E-state index contributed by atoms with van der Waals surface area (Å²) in [6, 6.07) is 0. The third kappa shape index (κ3) is 1.77. The molecule has 1 atom stereocenters. The minimum absolute atomic E-state index is 0.0583. The average molecular weight is 212 g/mol. The third-order valence-corrected chi connectivity index (χ3v) is 1.93. The van der Waals surface area contributed by atoms with Crippen molar-refractivity contribution < 1.29 is 0 Å². The van der Waals surface area contributed by atoms with E-state index in [-0.39, 0.29) is 5.38 Å². The van der Waals surface area contributed by atoms with Gasteiger partial charge in [0.25, 0.3) is 0 Å². The van der Waals surface area contributed by atoms with Gasteiger partial charge in [-0.1, -0.05) is 0 Å². The molecule has 74 valence electrons. The Morgan fingerprint density at radius 3 is 3.14 bits per heavy atom. The normalized spacial score (nSPS) is 13.0. The lowest BCUT2D eigenvalue weighted by Crippen LogP contribution is -2.11. The van der Waals surface area contributed by atoms with Crippen molar-refractivity contribution in [2.24, 2.45) is 0 Å². The number of hydrogen-bond donors (Lipinski definition) is 2. The molecule has 0 radical (unpaired) electrons. The number of alkyl halides is 1. The number of rotatable bonds is 3. The summed E-state index contributed by atoms with van der Waals surface area (Å²) in [7, 11) is 0. The number of nitrogens with zero attached hydrogens (tertiary/aromatic N) is 3. The fourth-order valence-corrected chi connectivity index (χ4v) is 1.21. The number of imidazole rings is 1. The van der Waals surface area contributed by atoms with E-state index in [1.807, 2.05) is 6.92 Å². The lowest BCUT2D eigenvalue weighted by Gasteiger charge is -2.06. The van der Waals surface area contributed by atoms with Gasteiger partial charge in [0.1, 0.15) is 11.8 Å². The monoisotopic (exact) mass is 211 g/mol. The second-order valence-corrected chi connectivity index (χ2v) is 3.73. The van der Waals surface area contributed by atoms with Crippen molar-refractivity contribution in [1.82, 2.24) is 19.9 Å². The Labute approximate surface area is 85.9 Å². The van der Waals surface area contributed by atoms with E-state index in [0.29, 0.717) is 12.2 Å². The fourth-order valence-electron chi connectivity index (χ4n) is 1.14. The van der Waals surface area contributed by atoms with Gasteiger partial charge in [-0.2, -0.15) is 0 Å². The van der Waals surface area contributed by atoms with Crippen molar-refractivity contribution in [3.63, 3.8) is 0 Å². The molecule has 2 N–H and O–H groups in total. The molecule has 0 saturated heterocycles. The van der Waals surface area contributed by atoms with Gasteiger partial charge in [0.2, 0.25) is 0 Å². The zero-order chi connectivity index (χ0) is 9.97. The van der Waals surface area contributed by atoms with Gasteiger partial charge < -0.3 is 10.3 Å². The van der Waals surface area contributed by atoms with E-state index in [4.69, 9.17) is 11.6 Å². The van der Waals surface area contributed by atoms with Gasteiger partial charge in [-0.25, -0.2) is 15.0 Å². The van der Waals surface area contributed by atoms with Gasteiger partial charge in [0, 0.05) is 11.9 Å². The molecule has 0 aliphatic carbocycles. The maximum absolute atomic E-state index is 5.82. The van der Waals surface area contributed by atoms with E-state index in [1.165, 1.54) is 6.33 Å². The number of aromatic amines is 1. The number of fused-ring (bicyclic) bond motifs is 1. The Morgan fingerprint density at radius 1 is 1.50 bits per heavy atom. The van der Waals surface area contributed by atoms with Gasteiger partial charge in [0.15, 0.2) is 11.5 Å². The maximum Gasteiger partial charge on any atom is 0.182 e. The van der Waals surface area contributed by atoms with E-state index >= 15 is 0 Å². The van der Waals surface area contributed by atoms with Gasteiger partial charge in [0.05, 0.1) is 6.33 Å². The van der Waals surface area contributed by atoms with Crippen LogP contribution in [0.5, 0.6) is 0 Å². The summed E-state index contributed by atoms with van der Waals surface area (Å²) in [5, 5.41) is 3.18. The largest absolute Gasteiger partial charge is 0.367 e. The highest BCUT2D eigenvalue weighted by Crippen LogP contribution is 2.14. The fraction of sp³-hybridized carbons (Fsp3) is 0.375. The molecule has 0 fully saturated rings. The zero-order valence-corrected chi connectivity index (χ0v) is 8.41. The molecular weight excluding hydrogens is 202 g/mol. The van der Waals surface area contributed by atoms with E-state index in [1.54, 1.807) is 6.33 Å². The molecule has 0 aromatic carbocycles. The summed E-state index contributed by atoms with van der Waals surface area (Å²) >= 11 is 5.82. The number of H-pyrrole nitrogens is 1. The molecule has 0 aliphatic rings. The molecule has 2 aromatic heterocycles. The van der Waals surface area contributed by atoms with Gasteiger partial charge in [-0.15, -0.1) is 11.6 Å². The van der Waals surface area contributed by atoms with Gasteiger partial charge in [-0.05, 0) is 6.92 Å². The van der Waals surface area contributed by atoms with Crippen molar-refractivity contribution in [1.29, 1.82) is 0 Å². The molecule has 0 aliphatic heterocycles. The maximum atomic E-state index is 5.82. The molecule has 0 bridgehead atoms. The van der Waals surface area contributed by atoms with Gasteiger partial charge >= 0.3 is 0 Å². The quantitative estimate of drug-likeness (QED) is 0.753. The van der Waals surface area contributed by atoms with E-state index in [9.17, 15) is 0 Å². The first-order valence-electron chi connectivity index (χ1n) is 4.29. The molecule has 1 unspecified atom stereocenters. The molecule has 0 spiro atoms. The predicted molar refractivity (Wildman–Crippen MR) is 55.5 cm³/mol. The van der Waals surface area contributed by atoms with Crippen LogP contribution in [0.1, 0.15) is 6.92 Å². The summed E-state index contributed by atoms with van der Waals surface area (Å²) < 4.78 is 0. The Hall–Kier alpha value is -1.36. The topological polar surface area (TPSA) is 66.5 Å². The summed E-state index contributed by atoms with van der Waals surface area (Å²) in [4.78, 5) is 15.1. The first-order valence-corrected chi connectivity index (χ1v) is 4.73. The lowest BCUT2D eigenvalue weighted by atomic mass is 10.4. The lowest BCUT2D eigenvalue weighted by molar-refractivity contribution is 0.977. The second-order valence-electron chi connectivity index (χ2n) is 2.99. The Morgan fingerprint density at radius 2 is 2.36 bits per heavy atom. The summed E-state index contributed by atoms with van der Waals surface area (Å²) in [5.41, 5.74) is 1.47. The van der Waals surface area contributed by atoms with Crippen LogP contribution < -0.4 is 5.32 Å². The van der Waals surface area contributed by atoms with Crippen LogP contribution in [-0.2, 0) is 0 Å². The Balaban J connectivity index is 2.27. The SMILES string of the molecule is CC(Cl)CNc1ncnc2nc[nH]c12. The zero-order valence-electron chi connectivity index (χ0n) is 7.66. The molecular formula is C8H10ClN5. The van der Waals surface area contributed by atoms with Crippen molar-refractivity contribution >= 4 is 28.6 Å². The van der Waals surface area contributed by atoms with Crippen LogP contribution in [0.4, 0.5) is 5.82 Å². The second kappa shape index (κ2) is 3.79. The van der Waals surface area contributed by atoms with E-state index in [0.717, 1.165) is 11.3 Å². The van der Waals surface area contributed by atoms with Crippen molar-refractivity contribution in [2.45, 2.75) is 12.3 Å². The van der Waals surface area contributed by atoms with Crippen LogP contribution in [0.25, 0.3) is 11.2 Å². The summed E-state index contributed by atoms with van der Waals surface area (Å²) in [5.74, 6) is 0.736. The standard InChI is InChI=1S/C8H10ClN5/c1-5(9)2-10-7-6-8(12-3-11-6)14-4-13-7/h3-5H,2H2,1H3,(H2,10,11,12,13,14). The average Bonchev–Trinajstić information content (AvgIpc) is 2.62. The number of aromatic nitrogens is 4. The number of hydrogen-bond acceptors (Lipinski definition) is 4. The predicted octanol–water partition coefficient (Wildman–Crippen LogP) is 1.39. The van der Waals surface area contributed by atoms with Crippen LogP contribution in [0.2, 0.25) is 0 Å². The first-order chi connectivity index (χ1) is 6.77. The van der Waals surface area contributed by atoms with Crippen molar-refractivity contribution in [2.75, 3.05) is 11.9 Å². The Kier molecular flexibility index (Phi) is 2.49. The van der Waals surface area contributed by atoms with E-state index < -0.39 is 0 Å². The molecule has 2 rings (SSSR count). The minimum Gasteiger partial charge on any atom is -0.367 e. The molecule has 14 heavy (non-hydrogen) atoms. The summed E-state index contributed by atoms with van der Waals surface area (Å²) in [6.45, 7) is 2.58. The summed E-state index contributed by atoms with van der Waals surface area (Å²) in [6.07, 6.45) is 3.07. The molecule has 2 heterocycles. The molecule has 6 heteroatoms. The smallest absolute Gasteiger partial charge is 0.182 e. The van der Waals surface area contributed by atoms with Crippen LogP contribution >= 0.6 is 11.6 Å². The van der Waals surface area contributed by atoms with Crippen LogP contribution in [0.3, 0.4) is 0 Å². The minimum atomic E-state index is 0.0583. The highest BCUT2D eigenvalue weighted by Gasteiger charge is 2.05. The highest BCUT2D eigenvalue weighted by molar-refractivity contribution is 6.20. The number of anilines is 1.